The van der Waals surface area contributed by atoms with Crippen LogP contribution in [0.25, 0.3) is 11.3 Å². The zero-order valence-corrected chi connectivity index (χ0v) is 15.5. The number of carbonyl (C=O) groups is 1. The average Bonchev–Trinajstić information content (AvgIpc) is 3.21. The number of rotatable bonds is 5. The zero-order chi connectivity index (χ0) is 18.8. The standard InChI is InChI=1S/C21H18ClNO4/c1-25-16-3-5-20-14(9-16)8-15(11-26-20)19(24)7-13-2-4-17(18(22)6-13)21-10-23-12-27-21/h2-6,9-10,12,15H,7-8,11H2,1H3. The lowest BCUT2D eigenvalue weighted by Crippen LogP contribution is -2.29. The van der Waals surface area contributed by atoms with Crippen LogP contribution in [0.15, 0.2) is 53.4 Å². The Morgan fingerprint density at radius 2 is 2.19 bits per heavy atom. The maximum atomic E-state index is 12.8. The van der Waals surface area contributed by atoms with E-state index in [2.05, 4.69) is 4.98 Å². The van der Waals surface area contributed by atoms with Crippen molar-refractivity contribution in [1.29, 1.82) is 0 Å². The maximum Gasteiger partial charge on any atom is 0.181 e. The molecule has 1 aliphatic heterocycles. The third kappa shape index (κ3) is 3.69. The minimum Gasteiger partial charge on any atom is -0.497 e. The smallest absolute Gasteiger partial charge is 0.181 e. The topological polar surface area (TPSA) is 61.6 Å². The van der Waals surface area contributed by atoms with E-state index < -0.39 is 0 Å². The minimum atomic E-state index is -0.183. The molecule has 0 radical (unpaired) electrons. The van der Waals surface area contributed by atoms with Crippen LogP contribution in [0.5, 0.6) is 11.5 Å². The lowest BCUT2D eigenvalue weighted by Gasteiger charge is -2.25. The van der Waals surface area contributed by atoms with Gasteiger partial charge in [0.1, 0.15) is 17.3 Å². The maximum absolute atomic E-state index is 12.8. The first-order valence-electron chi connectivity index (χ1n) is 8.64. The predicted octanol–water partition coefficient (Wildman–Crippen LogP) is 4.37. The van der Waals surface area contributed by atoms with Crippen molar-refractivity contribution < 1.29 is 18.7 Å². The van der Waals surface area contributed by atoms with E-state index in [4.69, 9.17) is 25.5 Å². The van der Waals surface area contributed by atoms with E-state index >= 15 is 0 Å². The van der Waals surface area contributed by atoms with E-state index in [1.54, 1.807) is 19.4 Å². The second-order valence-electron chi connectivity index (χ2n) is 6.51. The molecule has 0 bridgehead atoms. The Balaban J connectivity index is 1.47. The van der Waals surface area contributed by atoms with Gasteiger partial charge in [0.25, 0.3) is 0 Å². The van der Waals surface area contributed by atoms with Gasteiger partial charge in [0.2, 0.25) is 0 Å². The third-order valence-electron chi connectivity index (χ3n) is 4.74. The first-order chi connectivity index (χ1) is 13.1. The van der Waals surface area contributed by atoms with Gasteiger partial charge in [0.05, 0.1) is 30.9 Å². The number of ether oxygens (including phenoxy) is 2. The average molecular weight is 384 g/mol. The molecule has 27 heavy (non-hydrogen) atoms. The number of methoxy groups -OCH3 is 1. The summed E-state index contributed by atoms with van der Waals surface area (Å²) in [4.78, 5) is 16.7. The van der Waals surface area contributed by atoms with Gasteiger partial charge in [-0.3, -0.25) is 4.79 Å². The largest absolute Gasteiger partial charge is 0.497 e. The Morgan fingerprint density at radius 1 is 1.30 bits per heavy atom. The molecule has 0 N–H and O–H groups in total. The van der Waals surface area contributed by atoms with E-state index in [1.165, 1.54) is 6.39 Å². The van der Waals surface area contributed by atoms with Gasteiger partial charge in [-0.05, 0) is 47.9 Å². The Bertz CT molecular complexity index is 968. The highest BCUT2D eigenvalue weighted by Crippen LogP contribution is 2.32. The van der Waals surface area contributed by atoms with Gasteiger partial charge in [0.15, 0.2) is 12.2 Å². The molecule has 0 spiro atoms. The van der Waals surface area contributed by atoms with Crippen molar-refractivity contribution in [3.63, 3.8) is 0 Å². The number of nitrogens with zero attached hydrogens (tertiary/aromatic N) is 1. The molecule has 2 aromatic carbocycles. The summed E-state index contributed by atoms with van der Waals surface area (Å²) in [7, 11) is 1.63. The van der Waals surface area contributed by atoms with E-state index in [0.717, 1.165) is 28.2 Å². The molecule has 3 aromatic rings. The molecule has 0 fully saturated rings. The summed E-state index contributed by atoms with van der Waals surface area (Å²) in [6.45, 7) is 0.391. The van der Waals surface area contributed by atoms with Crippen LogP contribution < -0.4 is 9.47 Å². The van der Waals surface area contributed by atoms with Gasteiger partial charge in [-0.1, -0.05) is 17.7 Å². The van der Waals surface area contributed by atoms with Gasteiger partial charge >= 0.3 is 0 Å². The highest BCUT2D eigenvalue weighted by molar-refractivity contribution is 6.33. The zero-order valence-electron chi connectivity index (χ0n) is 14.8. The third-order valence-corrected chi connectivity index (χ3v) is 5.05. The molecule has 5 nitrogen and oxygen atoms in total. The Morgan fingerprint density at radius 3 is 2.93 bits per heavy atom. The van der Waals surface area contributed by atoms with Crippen LogP contribution in [0.2, 0.25) is 5.02 Å². The van der Waals surface area contributed by atoms with Crippen molar-refractivity contribution in [2.45, 2.75) is 12.8 Å². The van der Waals surface area contributed by atoms with Crippen molar-refractivity contribution in [2.75, 3.05) is 13.7 Å². The number of hydrogen-bond donors (Lipinski definition) is 0. The quantitative estimate of drug-likeness (QED) is 0.654. The lowest BCUT2D eigenvalue weighted by atomic mass is 9.90. The molecule has 1 unspecified atom stereocenters. The van der Waals surface area contributed by atoms with Crippen LogP contribution in [0.1, 0.15) is 11.1 Å². The van der Waals surface area contributed by atoms with Gasteiger partial charge in [-0.2, -0.15) is 0 Å². The van der Waals surface area contributed by atoms with Gasteiger partial charge in [-0.15, -0.1) is 0 Å². The number of benzene rings is 2. The number of fused-ring (bicyclic) bond motifs is 1. The molecule has 1 aromatic heterocycles. The molecule has 0 aliphatic carbocycles. The first kappa shape index (κ1) is 17.6. The molecule has 2 heterocycles. The molecule has 4 rings (SSSR count). The summed E-state index contributed by atoms with van der Waals surface area (Å²) in [6.07, 6.45) is 3.93. The van der Waals surface area contributed by atoms with Gasteiger partial charge in [0, 0.05) is 12.0 Å². The van der Waals surface area contributed by atoms with Gasteiger partial charge in [-0.25, -0.2) is 4.98 Å². The fourth-order valence-corrected chi connectivity index (χ4v) is 3.56. The normalized spacial score (nSPS) is 15.7. The second kappa shape index (κ2) is 7.45. The number of ketones is 1. The van der Waals surface area contributed by atoms with Crippen LogP contribution in [0.3, 0.4) is 0 Å². The fourth-order valence-electron chi connectivity index (χ4n) is 3.27. The predicted molar refractivity (Wildman–Crippen MR) is 101 cm³/mol. The molecule has 0 amide bonds. The number of aromatic nitrogens is 1. The van der Waals surface area contributed by atoms with Crippen LogP contribution >= 0.6 is 11.6 Å². The molecular formula is C21H18ClNO4. The van der Waals surface area contributed by atoms with Crippen molar-refractivity contribution in [1.82, 2.24) is 4.98 Å². The van der Waals surface area contributed by atoms with E-state index in [1.807, 2.05) is 30.3 Å². The van der Waals surface area contributed by atoms with Crippen LogP contribution in [-0.2, 0) is 17.6 Å². The summed E-state index contributed by atoms with van der Waals surface area (Å²) < 4.78 is 16.3. The lowest BCUT2D eigenvalue weighted by molar-refractivity contribution is -0.123. The van der Waals surface area contributed by atoms with Crippen molar-refractivity contribution in [2.24, 2.45) is 5.92 Å². The Labute approximate surface area is 161 Å². The van der Waals surface area contributed by atoms with Crippen molar-refractivity contribution in [3.8, 4) is 22.8 Å². The molecule has 1 aliphatic rings. The molecule has 1 atom stereocenters. The summed E-state index contributed by atoms with van der Waals surface area (Å²) >= 11 is 6.35. The number of carbonyl (C=O) groups excluding carboxylic acids is 1. The second-order valence-corrected chi connectivity index (χ2v) is 6.92. The number of Topliss-reactive ketones (excluding diaryl/α,β-unsaturated/α-hetero) is 1. The van der Waals surface area contributed by atoms with Crippen LogP contribution in [-0.4, -0.2) is 24.5 Å². The molecule has 6 heteroatoms. The Kier molecular flexibility index (Phi) is 4.86. The molecule has 0 saturated heterocycles. The van der Waals surface area contributed by atoms with Crippen LogP contribution in [0.4, 0.5) is 0 Å². The monoisotopic (exact) mass is 383 g/mol. The summed E-state index contributed by atoms with van der Waals surface area (Å²) in [5.41, 5.74) is 2.62. The Hall–Kier alpha value is -2.79. The number of halogens is 1. The fraction of sp³-hybridized carbons (Fsp3) is 0.238. The summed E-state index contributed by atoms with van der Waals surface area (Å²) in [6, 6.07) is 11.2. The van der Waals surface area contributed by atoms with E-state index in [9.17, 15) is 4.79 Å². The highest BCUT2D eigenvalue weighted by Gasteiger charge is 2.26. The van der Waals surface area contributed by atoms with E-state index in [-0.39, 0.29) is 11.7 Å². The number of oxazole rings is 1. The minimum absolute atomic E-state index is 0.131. The summed E-state index contributed by atoms with van der Waals surface area (Å²) in [5, 5.41) is 0.534. The van der Waals surface area contributed by atoms with Crippen molar-refractivity contribution >= 4 is 17.4 Å². The van der Waals surface area contributed by atoms with Crippen LogP contribution in [0, 0.1) is 5.92 Å². The summed E-state index contributed by atoms with van der Waals surface area (Å²) in [5.74, 6) is 2.13. The van der Waals surface area contributed by atoms with E-state index in [0.29, 0.717) is 30.2 Å². The first-order valence-corrected chi connectivity index (χ1v) is 9.01. The van der Waals surface area contributed by atoms with Crippen molar-refractivity contribution in [3.05, 3.63) is 65.1 Å². The molecule has 138 valence electrons. The SMILES string of the molecule is COc1ccc2c(c1)CC(C(=O)Cc1ccc(-c3cnco3)c(Cl)c1)CO2. The highest BCUT2D eigenvalue weighted by atomic mass is 35.5. The molecular weight excluding hydrogens is 366 g/mol. The van der Waals surface area contributed by atoms with Gasteiger partial charge < -0.3 is 13.9 Å². The molecule has 0 saturated carbocycles. The number of hydrogen-bond acceptors (Lipinski definition) is 5.